The van der Waals surface area contributed by atoms with Crippen molar-refractivity contribution in [2.45, 2.75) is 31.3 Å². The third-order valence-corrected chi connectivity index (χ3v) is 4.03. The van der Waals surface area contributed by atoms with Crippen LogP contribution in [-0.4, -0.2) is 40.0 Å². The molecule has 1 aromatic carbocycles. The number of aliphatic carboxylic acids is 1. The molecule has 2 unspecified atom stereocenters. The Labute approximate surface area is 132 Å². The maximum atomic E-state index is 12.1. The van der Waals surface area contributed by atoms with Crippen molar-refractivity contribution in [2.24, 2.45) is 0 Å². The number of carbonyl (C=O) groups is 3. The Kier molecular flexibility index (Phi) is 4.01. The summed E-state index contributed by atoms with van der Waals surface area (Å²) >= 11 is 0. The first kappa shape index (κ1) is 15.1. The molecule has 2 amide bonds. The van der Waals surface area contributed by atoms with E-state index in [1.807, 2.05) is 24.3 Å². The van der Waals surface area contributed by atoms with E-state index in [0.29, 0.717) is 6.42 Å². The fourth-order valence-electron chi connectivity index (χ4n) is 2.80. The van der Waals surface area contributed by atoms with E-state index in [1.165, 1.54) is 0 Å². The lowest BCUT2D eigenvalue weighted by atomic mass is 10.0. The molecule has 7 nitrogen and oxygen atoms in total. The molecule has 2 heterocycles. The molecule has 1 aliphatic heterocycles. The molecule has 7 heteroatoms. The second kappa shape index (κ2) is 6.12. The zero-order valence-corrected chi connectivity index (χ0v) is 12.3. The van der Waals surface area contributed by atoms with Gasteiger partial charge in [0.25, 0.3) is 0 Å². The topological polar surface area (TPSA) is 111 Å². The van der Waals surface area contributed by atoms with Gasteiger partial charge in [-0.2, -0.15) is 0 Å². The van der Waals surface area contributed by atoms with Gasteiger partial charge in [0.05, 0.1) is 0 Å². The predicted octanol–water partition coefficient (Wildman–Crippen LogP) is 0.558. The molecule has 1 saturated heterocycles. The van der Waals surface area contributed by atoms with Crippen molar-refractivity contribution >= 4 is 28.7 Å². The number of carboxylic acids is 1. The van der Waals surface area contributed by atoms with E-state index in [2.05, 4.69) is 15.6 Å². The van der Waals surface area contributed by atoms with Crippen molar-refractivity contribution in [1.82, 2.24) is 15.6 Å². The van der Waals surface area contributed by atoms with Gasteiger partial charge < -0.3 is 20.7 Å². The fraction of sp³-hybridized carbons (Fsp3) is 0.312. The molecule has 2 atom stereocenters. The van der Waals surface area contributed by atoms with Crippen molar-refractivity contribution in [3.63, 3.8) is 0 Å². The quantitative estimate of drug-likeness (QED) is 0.646. The van der Waals surface area contributed by atoms with E-state index in [-0.39, 0.29) is 18.7 Å². The maximum Gasteiger partial charge on any atom is 0.326 e. The van der Waals surface area contributed by atoms with E-state index < -0.39 is 24.0 Å². The Morgan fingerprint density at radius 2 is 2.13 bits per heavy atom. The lowest BCUT2D eigenvalue weighted by Gasteiger charge is -2.17. The third kappa shape index (κ3) is 3.18. The number of fused-ring (bicyclic) bond motifs is 1. The number of rotatable bonds is 5. The zero-order chi connectivity index (χ0) is 16.4. The highest BCUT2D eigenvalue weighted by atomic mass is 16.4. The molecule has 1 fully saturated rings. The number of H-pyrrole nitrogens is 1. The van der Waals surface area contributed by atoms with E-state index in [1.54, 1.807) is 6.20 Å². The van der Waals surface area contributed by atoms with Crippen LogP contribution in [0.3, 0.4) is 0 Å². The molecule has 1 aliphatic rings. The Morgan fingerprint density at radius 1 is 1.35 bits per heavy atom. The normalized spacial score (nSPS) is 18.6. The van der Waals surface area contributed by atoms with Crippen LogP contribution in [0.15, 0.2) is 30.5 Å². The SMILES string of the molecule is O=C1CCC(C(=O)NC(Cc2c[nH]c3ccccc23)C(=O)O)N1. The van der Waals surface area contributed by atoms with Crippen molar-refractivity contribution < 1.29 is 19.5 Å². The highest BCUT2D eigenvalue weighted by Gasteiger charge is 2.30. The Hall–Kier alpha value is -2.83. The van der Waals surface area contributed by atoms with Crippen LogP contribution >= 0.6 is 0 Å². The van der Waals surface area contributed by atoms with Crippen LogP contribution in [0.25, 0.3) is 10.9 Å². The summed E-state index contributed by atoms with van der Waals surface area (Å²) < 4.78 is 0. The zero-order valence-electron chi connectivity index (χ0n) is 12.3. The summed E-state index contributed by atoms with van der Waals surface area (Å²) in [5, 5.41) is 15.4. The highest BCUT2D eigenvalue weighted by molar-refractivity contribution is 5.93. The molecule has 23 heavy (non-hydrogen) atoms. The van der Waals surface area contributed by atoms with Gasteiger partial charge in [-0.1, -0.05) is 18.2 Å². The Morgan fingerprint density at radius 3 is 2.83 bits per heavy atom. The van der Waals surface area contributed by atoms with E-state index in [0.717, 1.165) is 16.5 Å². The van der Waals surface area contributed by atoms with Crippen LogP contribution in [-0.2, 0) is 20.8 Å². The van der Waals surface area contributed by atoms with Gasteiger partial charge in [0.2, 0.25) is 11.8 Å². The molecule has 0 aliphatic carbocycles. The van der Waals surface area contributed by atoms with Gasteiger partial charge in [0.1, 0.15) is 12.1 Å². The number of para-hydroxylation sites is 1. The van der Waals surface area contributed by atoms with Crippen LogP contribution in [0, 0.1) is 0 Å². The van der Waals surface area contributed by atoms with Gasteiger partial charge in [0.15, 0.2) is 0 Å². The predicted molar refractivity (Wildman–Crippen MR) is 82.7 cm³/mol. The Balaban J connectivity index is 1.73. The van der Waals surface area contributed by atoms with Crippen LogP contribution in [0.4, 0.5) is 0 Å². The van der Waals surface area contributed by atoms with Gasteiger partial charge in [-0.15, -0.1) is 0 Å². The molecule has 3 rings (SSSR count). The molecule has 2 aromatic rings. The number of carboxylic acid groups (broad SMARTS) is 1. The first-order valence-electron chi connectivity index (χ1n) is 7.42. The molecular formula is C16H17N3O4. The lowest BCUT2D eigenvalue weighted by molar-refractivity contribution is -0.142. The number of hydrogen-bond donors (Lipinski definition) is 4. The summed E-state index contributed by atoms with van der Waals surface area (Å²) in [6, 6.07) is 5.89. The molecule has 0 radical (unpaired) electrons. The molecular weight excluding hydrogens is 298 g/mol. The smallest absolute Gasteiger partial charge is 0.326 e. The molecule has 0 spiro atoms. The largest absolute Gasteiger partial charge is 0.480 e. The van der Waals surface area contributed by atoms with Gasteiger partial charge in [0, 0.05) is 29.9 Å². The number of benzene rings is 1. The Bertz CT molecular complexity index is 768. The summed E-state index contributed by atoms with van der Waals surface area (Å²) in [5.41, 5.74) is 1.74. The van der Waals surface area contributed by atoms with Crippen LogP contribution < -0.4 is 10.6 Å². The maximum absolute atomic E-state index is 12.1. The molecule has 120 valence electrons. The van der Waals surface area contributed by atoms with Crippen molar-refractivity contribution in [3.05, 3.63) is 36.0 Å². The van der Waals surface area contributed by atoms with Crippen molar-refractivity contribution in [2.75, 3.05) is 0 Å². The average molecular weight is 315 g/mol. The van der Waals surface area contributed by atoms with Crippen molar-refractivity contribution in [1.29, 1.82) is 0 Å². The van der Waals surface area contributed by atoms with Crippen LogP contribution in [0.5, 0.6) is 0 Å². The number of carbonyl (C=O) groups excluding carboxylic acids is 2. The molecule has 1 aromatic heterocycles. The fourth-order valence-corrected chi connectivity index (χ4v) is 2.80. The van der Waals surface area contributed by atoms with E-state index in [9.17, 15) is 19.5 Å². The standard InChI is InChI=1S/C16H17N3O4/c20-14-6-5-12(18-14)15(21)19-13(16(22)23)7-9-8-17-11-4-2-1-3-10(9)11/h1-4,8,12-13,17H,5-7H2,(H,18,20)(H,19,21)(H,22,23). The number of nitrogens with one attached hydrogen (secondary N) is 3. The summed E-state index contributed by atoms with van der Waals surface area (Å²) in [4.78, 5) is 37.8. The number of aromatic nitrogens is 1. The van der Waals surface area contributed by atoms with Gasteiger partial charge in [-0.3, -0.25) is 9.59 Å². The van der Waals surface area contributed by atoms with Crippen molar-refractivity contribution in [3.8, 4) is 0 Å². The molecule has 0 saturated carbocycles. The lowest BCUT2D eigenvalue weighted by Crippen LogP contribution is -2.49. The van der Waals surface area contributed by atoms with Gasteiger partial charge in [-0.05, 0) is 18.1 Å². The third-order valence-electron chi connectivity index (χ3n) is 4.03. The van der Waals surface area contributed by atoms with E-state index >= 15 is 0 Å². The first-order valence-corrected chi connectivity index (χ1v) is 7.42. The first-order chi connectivity index (χ1) is 11.0. The number of hydrogen-bond acceptors (Lipinski definition) is 3. The van der Waals surface area contributed by atoms with Crippen LogP contribution in [0.2, 0.25) is 0 Å². The number of aromatic amines is 1. The number of amides is 2. The second-order valence-corrected chi connectivity index (χ2v) is 5.62. The monoisotopic (exact) mass is 315 g/mol. The second-order valence-electron chi connectivity index (χ2n) is 5.62. The summed E-state index contributed by atoms with van der Waals surface area (Å²) in [6.45, 7) is 0. The van der Waals surface area contributed by atoms with Crippen LogP contribution in [0.1, 0.15) is 18.4 Å². The minimum absolute atomic E-state index is 0.172. The van der Waals surface area contributed by atoms with E-state index in [4.69, 9.17) is 0 Å². The minimum atomic E-state index is -1.10. The van der Waals surface area contributed by atoms with Gasteiger partial charge >= 0.3 is 5.97 Å². The summed E-state index contributed by atoms with van der Waals surface area (Å²) in [7, 11) is 0. The molecule has 4 N–H and O–H groups in total. The van der Waals surface area contributed by atoms with Gasteiger partial charge in [-0.25, -0.2) is 4.79 Å². The summed E-state index contributed by atoms with van der Waals surface area (Å²) in [6.07, 6.45) is 2.61. The average Bonchev–Trinajstić information content (AvgIpc) is 3.13. The highest BCUT2D eigenvalue weighted by Crippen LogP contribution is 2.19. The minimum Gasteiger partial charge on any atom is -0.480 e. The summed E-state index contributed by atoms with van der Waals surface area (Å²) in [5.74, 6) is -1.75. The molecule has 0 bridgehead atoms.